The first-order chi connectivity index (χ1) is 13.2. The Morgan fingerprint density at radius 1 is 1.21 bits per heavy atom. The van der Waals surface area contributed by atoms with Crippen molar-refractivity contribution in [1.82, 2.24) is 5.32 Å². The summed E-state index contributed by atoms with van der Waals surface area (Å²) >= 11 is 0. The Hall–Kier alpha value is -2.74. The molecule has 0 saturated heterocycles. The van der Waals surface area contributed by atoms with Gasteiger partial charge < -0.3 is 14.8 Å². The number of benzene rings is 2. The maximum Gasteiger partial charge on any atom is 0.263 e. The van der Waals surface area contributed by atoms with Gasteiger partial charge in [0.1, 0.15) is 18.1 Å². The van der Waals surface area contributed by atoms with Crippen molar-refractivity contribution >= 4 is 21.6 Å². The fourth-order valence-corrected chi connectivity index (χ4v) is 3.88. The Morgan fingerprint density at radius 3 is 2.68 bits per heavy atom. The molecule has 3 rings (SSSR count). The minimum absolute atomic E-state index is 0.0696. The summed E-state index contributed by atoms with van der Waals surface area (Å²) in [4.78, 5) is 12.5. The molecule has 28 heavy (non-hydrogen) atoms. The highest BCUT2D eigenvalue weighted by Gasteiger charge is 2.34. The van der Waals surface area contributed by atoms with Crippen LogP contribution in [0.25, 0.3) is 0 Å². The number of rotatable bonds is 6. The number of aryl methyl sites for hydroxylation is 2. The van der Waals surface area contributed by atoms with Crippen molar-refractivity contribution in [2.75, 3.05) is 30.3 Å². The van der Waals surface area contributed by atoms with Crippen LogP contribution in [-0.2, 0) is 14.8 Å². The van der Waals surface area contributed by atoms with Crippen LogP contribution in [-0.4, -0.2) is 46.4 Å². The third-order valence-corrected chi connectivity index (χ3v) is 5.48. The number of nitrogens with zero attached hydrogens (tertiary/aromatic N) is 1. The molecule has 0 aliphatic carbocycles. The van der Waals surface area contributed by atoms with Crippen LogP contribution in [0.5, 0.6) is 11.5 Å². The van der Waals surface area contributed by atoms with Gasteiger partial charge in [-0.2, -0.15) is 0 Å². The maximum atomic E-state index is 12.5. The highest BCUT2D eigenvalue weighted by atomic mass is 32.2. The van der Waals surface area contributed by atoms with Crippen molar-refractivity contribution in [3.05, 3.63) is 53.6 Å². The summed E-state index contributed by atoms with van der Waals surface area (Å²) in [6.45, 7) is 4.36. The van der Waals surface area contributed by atoms with Crippen LogP contribution in [0.4, 0.5) is 5.69 Å². The normalized spacial score (nSPS) is 16.1. The number of nitrogens with one attached hydrogen (secondary N) is 1. The van der Waals surface area contributed by atoms with Crippen molar-refractivity contribution in [2.45, 2.75) is 20.0 Å². The molecule has 0 saturated carbocycles. The maximum absolute atomic E-state index is 12.5. The van der Waals surface area contributed by atoms with E-state index >= 15 is 0 Å². The minimum atomic E-state index is -3.54. The molecule has 7 nitrogen and oxygen atoms in total. The van der Waals surface area contributed by atoms with Gasteiger partial charge in [-0.3, -0.25) is 9.10 Å². The van der Waals surface area contributed by atoms with Gasteiger partial charge in [-0.25, -0.2) is 8.42 Å². The Balaban J connectivity index is 1.62. The summed E-state index contributed by atoms with van der Waals surface area (Å²) in [6.07, 6.45) is 0.193. The summed E-state index contributed by atoms with van der Waals surface area (Å²) in [7, 11) is -3.54. The number of hydrogen-bond acceptors (Lipinski definition) is 5. The second-order valence-corrected chi connectivity index (χ2v) is 8.73. The molecule has 1 unspecified atom stereocenters. The molecular weight excluding hydrogens is 380 g/mol. The molecule has 0 spiro atoms. The van der Waals surface area contributed by atoms with Crippen LogP contribution in [0.15, 0.2) is 42.5 Å². The topological polar surface area (TPSA) is 84.9 Å². The number of amides is 1. The van der Waals surface area contributed by atoms with Gasteiger partial charge in [-0.15, -0.1) is 0 Å². The van der Waals surface area contributed by atoms with E-state index in [9.17, 15) is 13.2 Å². The van der Waals surface area contributed by atoms with E-state index in [2.05, 4.69) is 5.32 Å². The van der Waals surface area contributed by atoms with Crippen LogP contribution in [0.1, 0.15) is 11.1 Å². The third kappa shape index (κ3) is 4.75. The summed E-state index contributed by atoms with van der Waals surface area (Å²) < 4.78 is 37.0. The molecule has 0 bridgehead atoms. The van der Waals surface area contributed by atoms with E-state index in [0.29, 0.717) is 18.0 Å². The molecule has 0 radical (unpaired) electrons. The minimum Gasteiger partial charge on any atom is -0.492 e. The monoisotopic (exact) mass is 404 g/mol. The lowest BCUT2D eigenvalue weighted by atomic mass is 10.1. The Morgan fingerprint density at radius 2 is 1.96 bits per heavy atom. The van der Waals surface area contributed by atoms with E-state index in [0.717, 1.165) is 23.1 Å². The summed E-state index contributed by atoms with van der Waals surface area (Å²) in [5, 5.41) is 2.74. The largest absolute Gasteiger partial charge is 0.492 e. The molecule has 2 aromatic carbocycles. The van der Waals surface area contributed by atoms with Crippen molar-refractivity contribution in [3.8, 4) is 11.5 Å². The van der Waals surface area contributed by atoms with E-state index in [-0.39, 0.29) is 19.0 Å². The number of carbonyl (C=O) groups excluding carboxylic acids is 1. The zero-order valence-corrected chi connectivity index (χ0v) is 17.0. The highest BCUT2D eigenvalue weighted by molar-refractivity contribution is 7.92. The Kier molecular flexibility index (Phi) is 5.79. The van der Waals surface area contributed by atoms with Crippen molar-refractivity contribution < 1.29 is 22.7 Å². The first-order valence-electron chi connectivity index (χ1n) is 8.96. The van der Waals surface area contributed by atoms with Gasteiger partial charge >= 0.3 is 0 Å². The second kappa shape index (κ2) is 8.10. The quantitative estimate of drug-likeness (QED) is 0.745. The van der Waals surface area contributed by atoms with Gasteiger partial charge in [0.15, 0.2) is 6.10 Å². The predicted molar refractivity (Wildman–Crippen MR) is 107 cm³/mol. The summed E-state index contributed by atoms with van der Waals surface area (Å²) in [5.74, 6) is 0.724. The van der Waals surface area contributed by atoms with E-state index in [4.69, 9.17) is 9.47 Å². The average molecular weight is 404 g/mol. The Labute approximate surface area is 165 Å². The third-order valence-electron chi connectivity index (χ3n) is 4.34. The number of fused-ring (bicyclic) bond motifs is 1. The summed E-state index contributed by atoms with van der Waals surface area (Å²) in [6, 6.07) is 12.9. The Bertz CT molecular complexity index is 974. The van der Waals surface area contributed by atoms with Gasteiger partial charge in [0.05, 0.1) is 25.0 Å². The highest BCUT2D eigenvalue weighted by Crippen LogP contribution is 2.35. The number of hydrogen-bond donors (Lipinski definition) is 1. The van der Waals surface area contributed by atoms with Gasteiger partial charge in [0, 0.05) is 0 Å². The van der Waals surface area contributed by atoms with Crippen LogP contribution >= 0.6 is 0 Å². The van der Waals surface area contributed by atoms with E-state index in [1.807, 2.05) is 44.2 Å². The molecule has 0 aromatic heterocycles. The lowest BCUT2D eigenvalue weighted by Crippen LogP contribution is -2.51. The molecule has 150 valence electrons. The number of sulfonamides is 1. The van der Waals surface area contributed by atoms with Crippen molar-refractivity contribution in [1.29, 1.82) is 0 Å². The zero-order chi connectivity index (χ0) is 20.3. The average Bonchev–Trinajstić information content (AvgIpc) is 2.63. The number of ether oxygens (including phenoxy) is 2. The van der Waals surface area contributed by atoms with E-state index < -0.39 is 16.1 Å². The van der Waals surface area contributed by atoms with Crippen LogP contribution in [0.2, 0.25) is 0 Å². The lowest BCUT2D eigenvalue weighted by molar-refractivity contribution is -0.127. The molecule has 1 N–H and O–H groups in total. The molecule has 0 fully saturated rings. The van der Waals surface area contributed by atoms with Gasteiger partial charge in [0.25, 0.3) is 5.91 Å². The fraction of sp³-hybridized carbons (Fsp3) is 0.350. The smallest absolute Gasteiger partial charge is 0.263 e. The zero-order valence-electron chi connectivity index (χ0n) is 16.1. The first kappa shape index (κ1) is 20.0. The van der Waals surface area contributed by atoms with Crippen LogP contribution < -0.4 is 19.1 Å². The number of anilines is 1. The van der Waals surface area contributed by atoms with Crippen LogP contribution in [0.3, 0.4) is 0 Å². The molecular formula is C20H24N2O5S. The van der Waals surface area contributed by atoms with E-state index in [1.165, 1.54) is 4.31 Å². The predicted octanol–water partition coefficient (Wildman–Crippen LogP) is 2.03. The molecule has 8 heteroatoms. The molecule has 1 atom stereocenters. The van der Waals surface area contributed by atoms with Gasteiger partial charge in [-0.05, 0) is 49.2 Å². The van der Waals surface area contributed by atoms with Gasteiger partial charge in [0.2, 0.25) is 10.0 Å². The molecule has 1 amide bonds. The first-order valence-corrected chi connectivity index (χ1v) is 10.8. The second-order valence-electron chi connectivity index (χ2n) is 6.83. The lowest BCUT2D eigenvalue weighted by Gasteiger charge is -2.34. The van der Waals surface area contributed by atoms with E-state index in [1.54, 1.807) is 12.1 Å². The van der Waals surface area contributed by atoms with Crippen molar-refractivity contribution in [3.63, 3.8) is 0 Å². The standard InChI is InChI=1S/C20H24N2O5S/c1-14-5-4-6-16(11-14)26-10-9-21-20(23)19-13-22(28(3,24)25)17-12-15(2)7-8-18(17)27-19/h4-8,11-12,19H,9-10,13H2,1-3H3,(H,21,23). The number of carbonyl (C=O) groups is 1. The van der Waals surface area contributed by atoms with Crippen LogP contribution in [0, 0.1) is 13.8 Å². The summed E-state index contributed by atoms with van der Waals surface area (Å²) in [5.41, 5.74) is 2.45. The van der Waals surface area contributed by atoms with Gasteiger partial charge in [-0.1, -0.05) is 18.2 Å². The van der Waals surface area contributed by atoms with Crippen molar-refractivity contribution in [2.24, 2.45) is 0 Å². The molecule has 1 aliphatic heterocycles. The molecule has 1 heterocycles. The molecule has 2 aromatic rings. The fourth-order valence-electron chi connectivity index (χ4n) is 2.97. The SMILES string of the molecule is Cc1cccc(OCCNC(=O)C2CN(S(C)(=O)=O)c3cc(C)ccc3O2)c1. The molecule has 1 aliphatic rings.